The molecule has 138 valence electrons. The van der Waals surface area contributed by atoms with Crippen molar-refractivity contribution in [3.63, 3.8) is 0 Å². The lowest BCUT2D eigenvalue weighted by Gasteiger charge is -2.22. The molecule has 5 rings (SSSR count). The normalized spacial score (nSPS) is 15.0. The van der Waals surface area contributed by atoms with Crippen LogP contribution in [0.4, 0.5) is 0 Å². The second kappa shape index (κ2) is 7.59. The molecule has 0 radical (unpaired) electrons. The minimum Gasteiger partial charge on any atom is -0.256 e. The van der Waals surface area contributed by atoms with E-state index in [2.05, 4.69) is 83.8 Å². The van der Waals surface area contributed by atoms with E-state index in [9.17, 15) is 0 Å². The van der Waals surface area contributed by atoms with Crippen molar-refractivity contribution in [3.8, 4) is 22.4 Å². The molecule has 1 aliphatic carbocycles. The van der Waals surface area contributed by atoms with E-state index in [1.165, 1.54) is 65.1 Å². The van der Waals surface area contributed by atoms with Crippen molar-refractivity contribution >= 4 is 10.8 Å². The van der Waals surface area contributed by atoms with Crippen molar-refractivity contribution in [2.45, 2.75) is 38.0 Å². The summed E-state index contributed by atoms with van der Waals surface area (Å²) in [6, 6.07) is 28.6. The summed E-state index contributed by atoms with van der Waals surface area (Å²) in [6.45, 7) is 0. The van der Waals surface area contributed by atoms with Crippen LogP contribution in [0.5, 0.6) is 0 Å². The summed E-state index contributed by atoms with van der Waals surface area (Å²) in [5, 5.41) is 2.41. The maximum atomic E-state index is 4.69. The van der Waals surface area contributed by atoms with Crippen molar-refractivity contribution in [3.05, 3.63) is 90.6 Å². The number of hydrogen-bond acceptors (Lipinski definition) is 1. The first-order valence-corrected chi connectivity index (χ1v) is 10.4. The Labute approximate surface area is 167 Å². The van der Waals surface area contributed by atoms with E-state index in [1.807, 2.05) is 6.20 Å². The molecule has 1 fully saturated rings. The zero-order valence-electron chi connectivity index (χ0n) is 16.1. The molecule has 0 saturated heterocycles. The van der Waals surface area contributed by atoms with Gasteiger partial charge in [-0.1, -0.05) is 86.0 Å². The summed E-state index contributed by atoms with van der Waals surface area (Å²) < 4.78 is 0. The highest BCUT2D eigenvalue weighted by Crippen LogP contribution is 2.34. The number of pyridine rings is 1. The number of aromatic nitrogens is 1. The molecule has 4 aromatic rings. The first-order chi connectivity index (χ1) is 13.9. The van der Waals surface area contributed by atoms with Crippen LogP contribution in [0.15, 0.2) is 85.1 Å². The molecule has 3 aromatic carbocycles. The van der Waals surface area contributed by atoms with Gasteiger partial charge in [0.15, 0.2) is 0 Å². The Morgan fingerprint density at radius 3 is 2.18 bits per heavy atom. The maximum absolute atomic E-state index is 4.69. The molecule has 0 atom stereocenters. The maximum Gasteiger partial charge on any atom is 0.0708 e. The Balaban J connectivity index is 1.44. The van der Waals surface area contributed by atoms with Gasteiger partial charge in [0.25, 0.3) is 0 Å². The molecule has 1 heteroatoms. The molecular formula is C27H25N. The Morgan fingerprint density at radius 1 is 0.607 bits per heavy atom. The molecule has 0 unspecified atom stereocenters. The first kappa shape index (κ1) is 17.2. The molecule has 0 N–H and O–H groups in total. The van der Waals surface area contributed by atoms with E-state index in [4.69, 9.17) is 0 Å². The largest absolute Gasteiger partial charge is 0.256 e. The van der Waals surface area contributed by atoms with Gasteiger partial charge in [-0.25, -0.2) is 0 Å². The molecule has 1 heterocycles. The SMILES string of the molecule is c1cc(-c2ccc(C3CCCCC3)cc2)cc(-c2cc3ccccc3cn2)c1. The third-order valence-electron chi connectivity index (χ3n) is 6.11. The van der Waals surface area contributed by atoms with E-state index >= 15 is 0 Å². The molecule has 28 heavy (non-hydrogen) atoms. The summed E-state index contributed by atoms with van der Waals surface area (Å²) >= 11 is 0. The fraction of sp³-hybridized carbons (Fsp3) is 0.222. The van der Waals surface area contributed by atoms with Gasteiger partial charge in [-0.05, 0) is 53.0 Å². The summed E-state index contributed by atoms with van der Waals surface area (Å²) in [7, 11) is 0. The molecule has 0 spiro atoms. The number of benzene rings is 3. The Morgan fingerprint density at radius 2 is 1.36 bits per heavy atom. The third-order valence-corrected chi connectivity index (χ3v) is 6.11. The Bertz CT molecular complexity index is 1090. The molecule has 0 bridgehead atoms. The van der Waals surface area contributed by atoms with Gasteiger partial charge in [-0.15, -0.1) is 0 Å². The zero-order chi connectivity index (χ0) is 18.8. The van der Waals surface area contributed by atoms with Gasteiger partial charge < -0.3 is 0 Å². The second-order valence-corrected chi connectivity index (χ2v) is 7.95. The highest BCUT2D eigenvalue weighted by atomic mass is 14.7. The third kappa shape index (κ3) is 3.45. The topological polar surface area (TPSA) is 12.9 Å². The minimum absolute atomic E-state index is 0.760. The lowest BCUT2D eigenvalue weighted by molar-refractivity contribution is 0.443. The van der Waals surface area contributed by atoms with E-state index in [0.29, 0.717) is 0 Å². The second-order valence-electron chi connectivity index (χ2n) is 7.95. The Hall–Kier alpha value is -2.93. The van der Waals surface area contributed by atoms with E-state index in [-0.39, 0.29) is 0 Å². The van der Waals surface area contributed by atoms with Crippen molar-refractivity contribution in [2.75, 3.05) is 0 Å². The number of nitrogens with zero attached hydrogens (tertiary/aromatic N) is 1. The van der Waals surface area contributed by atoms with Crippen molar-refractivity contribution < 1.29 is 0 Å². The van der Waals surface area contributed by atoms with E-state index in [0.717, 1.165) is 11.6 Å². The molecule has 1 nitrogen and oxygen atoms in total. The summed E-state index contributed by atoms with van der Waals surface area (Å²) in [4.78, 5) is 4.69. The number of fused-ring (bicyclic) bond motifs is 1. The molecular weight excluding hydrogens is 338 g/mol. The molecule has 0 amide bonds. The summed E-state index contributed by atoms with van der Waals surface area (Å²) in [5.74, 6) is 0.760. The predicted octanol–water partition coefficient (Wildman–Crippen LogP) is 7.62. The van der Waals surface area contributed by atoms with Gasteiger partial charge in [-0.3, -0.25) is 4.98 Å². The van der Waals surface area contributed by atoms with Crippen LogP contribution in [0, 0.1) is 0 Å². The fourth-order valence-electron chi connectivity index (χ4n) is 4.48. The van der Waals surface area contributed by atoms with Crippen LogP contribution >= 0.6 is 0 Å². The monoisotopic (exact) mass is 363 g/mol. The van der Waals surface area contributed by atoms with E-state index < -0.39 is 0 Å². The van der Waals surface area contributed by atoms with Gasteiger partial charge >= 0.3 is 0 Å². The summed E-state index contributed by atoms with van der Waals surface area (Å²) in [5.41, 5.74) is 6.24. The van der Waals surface area contributed by atoms with Gasteiger partial charge in [0.05, 0.1) is 5.69 Å². The molecule has 0 aliphatic heterocycles. The first-order valence-electron chi connectivity index (χ1n) is 10.4. The van der Waals surface area contributed by atoms with Crippen LogP contribution in [0.2, 0.25) is 0 Å². The van der Waals surface area contributed by atoms with Crippen molar-refractivity contribution in [2.24, 2.45) is 0 Å². The average Bonchev–Trinajstić information content (AvgIpc) is 2.79. The van der Waals surface area contributed by atoms with Gasteiger partial charge in [0.2, 0.25) is 0 Å². The lowest BCUT2D eigenvalue weighted by Crippen LogP contribution is -2.04. The smallest absolute Gasteiger partial charge is 0.0708 e. The van der Waals surface area contributed by atoms with Crippen molar-refractivity contribution in [1.82, 2.24) is 4.98 Å². The number of hydrogen-bond donors (Lipinski definition) is 0. The lowest BCUT2D eigenvalue weighted by atomic mass is 9.83. The van der Waals surface area contributed by atoms with Crippen LogP contribution in [0.25, 0.3) is 33.2 Å². The van der Waals surface area contributed by atoms with Crippen LogP contribution in [0.3, 0.4) is 0 Å². The average molecular weight is 364 g/mol. The van der Waals surface area contributed by atoms with Crippen molar-refractivity contribution in [1.29, 1.82) is 0 Å². The zero-order valence-corrected chi connectivity index (χ0v) is 16.1. The predicted molar refractivity (Wildman–Crippen MR) is 118 cm³/mol. The molecule has 1 aliphatic rings. The minimum atomic E-state index is 0.760. The Kier molecular flexibility index (Phi) is 4.66. The summed E-state index contributed by atoms with van der Waals surface area (Å²) in [6.07, 6.45) is 8.84. The highest BCUT2D eigenvalue weighted by Gasteiger charge is 2.15. The van der Waals surface area contributed by atoms with E-state index in [1.54, 1.807) is 0 Å². The number of rotatable bonds is 3. The van der Waals surface area contributed by atoms with Gasteiger partial charge in [-0.2, -0.15) is 0 Å². The highest BCUT2D eigenvalue weighted by molar-refractivity contribution is 5.85. The van der Waals surface area contributed by atoms with Crippen LogP contribution in [0.1, 0.15) is 43.6 Å². The standard InChI is InChI=1S/C27H25N/c1-2-7-20(8-3-1)21-13-15-22(16-14-21)23-11-6-12-25(17-23)27-18-24-9-4-5-10-26(24)19-28-27/h4-6,9-20H,1-3,7-8H2. The molecule has 1 aromatic heterocycles. The molecule has 1 saturated carbocycles. The van der Waals surface area contributed by atoms with Crippen LogP contribution in [-0.2, 0) is 0 Å². The van der Waals surface area contributed by atoms with Gasteiger partial charge in [0, 0.05) is 17.1 Å². The fourth-order valence-corrected chi connectivity index (χ4v) is 4.48. The van der Waals surface area contributed by atoms with Crippen LogP contribution in [-0.4, -0.2) is 4.98 Å². The van der Waals surface area contributed by atoms with Crippen LogP contribution < -0.4 is 0 Å². The van der Waals surface area contributed by atoms with Gasteiger partial charge in [0.1, 0.15) is 0 Å². The quantitative estimate of drug-likeness (QED) is 0.365.